The highest BCUT2D eigenvalue weighted by Crippen LogP contribution is 2.29. The predicted octanol–water partition coefficient (Wildman–Crippen LogP) is 3.30. The van der Waals surface area contributed by atoms with Crippen molar-refractivity contribution in [1.29, 1.82) is 0 Å². The topological polar surface area (TPSA) is 98.5 Å². The molecule has 1 aliphatic heterocycles. The fourth-order valence-corrected chi connectivity index (χ4v) is 5.19. The SMILES string of the molecule is CCc1nccn1CCCOc1cc(CN2CCN(C(=O)COC)CC(O)(COc3cc(F)cc(F)c3)C2)ccc1OC. The zero-order chi connectivity index (χ0) is 30.8. The van der Waals surface area contributed by atoms with Crippen molar-refractivity contribution in [2.45, 2.75) is 38.5 Å². The molecule has 0 radical (unpaired) electrons. The number of hydrogen-bond donors (Lipinski definition) is 1. The van der Waals surface area contributed by atoms with Gasteiger partial charge in [-0.15, -0.1) is 0 Å². The lowest BCUT2D eigenvalue weighted by atomic mass is 10.0. The Balaban J connectivity index is 1.44. The number of methoxy groups -OCH3 is 2. The highest BCUT2D eigenvalue weighted by molar-refractivity contribution is 5.77. The summed E-state index contributed by atoms with van der Waals surface area (Å²) in [5.74, 6) is 0.361. The number of amides is 1. The number of hydrogen-bond acceptors (Lipinski definition) is 8. The van der Waals surface area contributed by atoms with E-state index in [-0.39, 0.29) is 38.0 Å². The number of nitrogens with zero attached hydrogens (tertiary/aromatic N) is 4. The third-order valence-corrected chi connectivity index (χ3v) is 7.21. The Morgan fingerprint density at radius 2 is 1.84 bits per heavy atom. The first-order valence-corrected chi connectivity index (χ1v) is 14.3. The summed E-state index contributed by atoms with van der Waals surface area (Å²) in [6.45, 7) is 4.32. The summed E-state index contributed by atoms with van der Waals surface area (Å²) in [6, 6.07) is 8.52. The van der Waals surface area contributed by atoms with Gasteiger partial charge in [-0.25, -0.2) is 13.8 Å². The van der Waals surface area contributed by atoms with Gasteiger partial charge < -0.3 is 33.5 Å². The molecule has 12 heteroatoms. The smallest absolute Gasteiger partial charge is 0.248 e. The average molecular weight is 603 g/mol. The second-order valence-corrected chi connectivity index (χ2v) is 10.7. The van der Waals surface area contributed by atoms with E-state index in [1.165, 1.54) is 12.0 Å². The van der Waals surface area contributed by atoms with Crippen molar-refractivity contribution in [3.63, 3.8) is 0 Å². The molecule has 1 unspecified atom stereocenters. The maximum atomic E-state index is 13.7. The summed E-state index contributed by atoms with van der Waals surface area (Å²) >= 11 is 0. The molecule has 234 valence electrons. The second-order valence-electron chi connectivity index (χ2n) is 10.7. The molecule has 1 aromatic heterocycles. The zero-order valence-electron chi connectivity index (χ0n) is 24.9. The standard InChI is InChI=1S/C31H40F2N4O6/c1-4-29-34-8-10-36(29)9-5-13-42-28-14-23(6-7-27(28)41-3)18-35-11-12-37(30(38)19-40-2)21-31(39,20-35)22-43-26-16-24(32)15-25(33)17-26/h6-8,10,14-17,39H,4-5,9,11-13,18-22H2,1-3H3. The van der Waals surface area contributed by atoms with Crippen molar-refractivity contribution >= 4 is 5.91 Å². The van der Waals surface area contributed by atoms with Gasteiger partial charge in [-0.2, -0.15) is 0 Å². The molecule has 2 heterocycles. The minimum atomic E-state index is -1.53. The van der Waals surface area contributed by atoms with Crippen LogP contribution >= 0.6 is 0 Å². The van der Waals surface area contributed by atoms with Gasteiger partial charge in [0.05, 0.1) is 20.3 Å². The van der Waals surface area contributed by atoms with Crippen molar-refractivity contribution in [2.24, 2.45) is 0 Å². The summed E-state index contributed by atoms with van der Waals surface area (Å²) in [6.07, 6.45) is 5.42. The van der Waals surface area contributed by atoms with Gasteiger partial charge in [0.15, 0.2) is 11.5 Å². The van der Waals surface area contributed by atoms with Crippen LogP contribution in [-0.4, -0.2) is 96.2 Å². The van der Waals surface area contributed by atoms with Crippen molar-refractivity contribution < 1.29 is 37.6 Å². The summed E-state index contributed by atoms with van der Waals surface area (Å²) in [5, 5.41) is 11.6. The van der Waals surface area contributed by atoms with Crippen LogP contribution in [0.25, 0.3) is 0 Å². The second kappa shape index (κ2) is 15.1. The van der Waals surface area contributed by atoms with E-state index < -0.39 is 17.2 Å². The summed E-state index contributed by atoms with van der Waals surface area (Å²) < 4.78 is 51.8. The van der Waals surface area contributed by atoms with E-state index in [4.69, 9.17) is 18.9 Å². The quantitative estimate of drug-likeness (QED) is 0.281. The van der Waals surface area contributed by atoms with E-state index in [0.29, 0.717) is 37.7 Å². The van der Waals surface area contributed by atoms with E-state index >= 15 is 0 Å². The number of aliphatic hydroxyl groups is 1. The largest absolute Gasteiger partial charge is 0.493 e. The fourth-order valence-electron chi connectivity index (χ4n) is 5.19. The van der Waals surface area contributed by atoms with Gasteiger partial charge in [-0.3, -0.25) is 9.69 Å². The third kappa shape index (κ3) is 9.12. The van der Waals surface area contributed by atoms with Crippen LogP contribution in [0.5, 0.6) is 17.2 Å². The molecule has 43 heavy (non-hydrogen) atoms. The first-order chi connectivity index (χ1) is 20.7. The molecule has 10 nitrogen and oxygen atoms in total. The Hall–Kier alpha value is -3.74. The molecule has 0 aliphatic carbocycles. The number of β-amino-alcohol motifs (C(OH)–C–C–N with tert-alkyl or cyclic N) is 1. The van der Waals surface area contributed by atoms with Gasteiger partial charge in [0.25, 0.3) is 0 Å². The lowest BCUT2D eigenvalue weighted by Gasteiger charge is -2.33. The molecular weight excluding hydrogens is 562 g/mol. The number of rotatable bonds is 14. The van der Waals surface area contributed by atoms with Crippen LogP contribution < -0.4 is 14.2 Å². The van der Waals surface area contributed by atoms with E-state index in [0.717, 1.165) is 49.0 Å². The minimum Gasteiger partial charge on any atom is -0.493 e. The zero-order valence-corrected chi connectivity index (χ0v) is 24.9. The van der Waals surface area contributed by atoms with Gasteiger partial charge in [0.2, 0.25) is 5.91 Å². The van der Waals surface area contributed by atoms with Crippen LogP contribution in [0.15, 0.2) is 48.8 Å². The average Bonchev–Trinajstić information content (AvgIpc) is 3.36. The molecule has 4 rings (SSSR count). The van der Waals surface area contributed by atoms with Gasteiger partial charge in [-0.1, -0.05) is 13.0 Å². The Morgan fingerprint density at radius 3 is 2.56 bits per heavy atom. The maximum Gasteiger partial charge on any atom is 0.248 e. The molecule has 0 bridgehead atoms. The highest BCUT2D eigenvalue weighted by Gasteiger charge is 2.37. The summed E-state index contributed by atoms with van der Waals surface area (Å²) in [4.78, 5) is 20.6. The van der Waals surface area contributed by atoms with Gasteiger partial charge in [0, 0.05) is 76.8 Å². The van der Waals surface area contributed by atoms with Crippen molar-refractivity contribution in [1.82, 2.24) is 19.4 Å². The highest BCUT2D eigenvalue weighted by atomic mass is 19.1. The number of aryl methyl sites for hydroxylation is 2. The molecule has 2 aromatic carbocycles. The van der Waals surface area contributed by atoms with E-state index in [2.05, 4.69) is 16.5 Å². The maximum absolute atomic E-state index is 13.7. The first-order valence-electron chi connectivity index (χ1n) is 14.3. The van der Waals surface area contributed by atoms with Crippen LogP contribution in [0, 0.1) is 11.6 Å². The Morgan fingerprint density at radius 1 is 1.05 bits per heavy atom. The van der Waals surface area contributed by atoms with Gasteiger partial charge >= 0.3 is 0 Å². The van der Waals surface area contributed by atoms with Crippen molar-refractivity contribution in [3.8, 4) is 17.2 Å². The predicted molar refractivity (Wildman–Crippen MR) is 155 cm³/mol. The Kier molecular flexibility index (Phi) is 11.3. The summed E-state index contributed by atoms with van der Waals surface area (Å²) in [5.41, 5.74) is -0.607. The van der Waals surface area contributed by atoms with Crippen LogP contribution in [0.1, 0.15) is 24.7 Å². The molecule has 1 amide bonds. The monoisotopic (exact) mass is 602 g/mol. The van der Waals surface area contributed by atoms with Gasteiger partial charge in [0.1, 0.15) is 42.0 Å². The Labute approximate surface area is 250 Å². The van der Waals surface area contributed by atoms with Crippen LogP contribution in [0.2, 0.25) is 0 Å². The van der Waals surface area contributed by atoms with E-state index in [1.54, 1.807) is 13.3 Å². The molecular formula is C31H40F2N4O6. The van der Waals surface area contributed by atoms with E-state index in [9.17, 15) is 18.7 Å². The fraction of sp³-hybridized carbons (Fsp3) is 0.484. The van der Waals surface area contributed by atoms with Crippen molar-refractivity contribution in [2.75, 3.05) is 60.2 Å². The molecule has 1 aliphatic rings. The first kappa shape index (κ1) is 32.2. The van der Waals surface area contributed by atoms with E-state index in [1.807, 2.05) is 29.3 Å². The number of carbonyl (C=O) groups is 1. The summed E-state index contributed by atoms with van der Waals surface area (Å²) in [7, 11) is 3.02. The molecule has 0 spiro atoms. The lowest BCUT2D eigenvalue weighted by Crippen LogP contribution is -2.52. The molecule has 1 N–H and O–H groups in total. The number of halogens is 2. The molecule has 1 saturated heterocycles. The Bertz CT molecular complexity index is 1340. The van der Waals surface area contributed by atoms with Crippen LogP contribution in [0.3, 0.4) is 0 Å². The molecule has 3 aromatic rings. The normalized spacial score (nSPS) is 17.5. The number of carbonyl (C=O) groups excluding carboxylic acids is 1. The molecule has 0 saturated carbocycles. The number of ether oxygens (including phenoxy) is 4. The number of imidazole rings is 1. The van der Waals surface area contributed by atoms with Crippen molar-refractivity contribution in [3.05, 3.63) is 71.8 Å². The third-order valence-electron chi connectivity index (χ3n) is 7.21. The molecule has 1 fully saturated rings. The lowest BCUT2D eigenvalue weighted by molar-refractivity contribution is -0.138. The number of benzene rings is 2. The van der Waals surface area contributed by atoms with Gasteiger partial charge in [-0.05, 0) is 24.1 Å². The number of aromatic nitrogens is 2. The molecule has 1 atom stereocenters. The van der Waals surface area contributed by atoms with Crippen LogP contribution in [0.4, 0.5) is 8.78 Å². The van der Waals surface area contributed by atoms with Crippen LogP contribution in [-0.2, 0) is 29.0 Å². The minimum absolute atomic E-state index is 0.0306.